The molecule has 1 aromatic heterocycles. The van der Waals surface area contributed by atoms with Gasteiger partial charge in [0, 0.05) is 18.5 Å². The minimum atomic E-state index is -2.76. The average molecular weight is 365 g/mol. The second-order valence-electron chi connectivity index (χ2n) is 5.68. The highest BCUT2D eigenvalue weighted by Crippen LogP contribution is 2.30. The molecule has 2 heterocycles. The molecule has 3 rings (SSSR count). The van der Waals surface area contributed by atoms with Crippen LogP contribution in [0.15, 0.2) is 30.6 Å². The Hall–Kier alpha value is -3.21. The Kier molecular flexibility index (Phi) is 4.47. The van der Waals surface area contributed by atoms with Gasteiger partial charge in [0.1, 0.15) is 11.4 Å². The molecule has 2 amide bonds. The summed E-state index contributed by atoms with van der Waals surface area (Å²) in [6.07, 6.45) is 2.35. The van der Waals surface area contributed by atoms with Crippen molar-refractivity contribution in [1.29, 1.82) is 0 Å². The Labute approximate surface area is 145 Å². The van der Waals surface area contributed by atoms with Gasteiger partial charge in [-0.1, -0.05) is 6.07 Å². The van der Waals surface area contributed by atoms with Gasteiger partial charge in [-0.3, -0.25) is 34.1 Å². The molecule has 0 saturated heterocycles. The second kappa shape index (κ2) is 6.59. The van der Waals surface area contributed by atoms with Crippen LogP contribution in [0.3, 0.4) is 0 Å². The maximum atomic E-state index is 12.9. The molecular weight excluding hydrogens is 352 g/mol. The van der Waals surface area contributed by atoms with Crippen LogP contribution in [0, 0.1) is 10.1 Å². The monoisotopic (exact) mass is 365 g/mol. The number of nitro groups is 1. The zero-order valence-corrected chi connectivity index (χ0v) is 13.5. The van der Waals surface area contributed by atoms with Crippen LogP contribution < -0.4 is 0 Å². The summed E-state index contributed by atoms with van der Waals surface area (Å²) in [7, 11) is 1.52. The van der Waals surface area contributed by atoms with Gasteiger partial charge >= 0.3 is 6.55 Å². The molecule has 11 heteroatoms. The van der Waals surface area contributed by atoms with Gasteiger partial charge < -0.3 is 0 Å². The van der Waals surface area contributed by atoms with Crippen LogP contribution in [-0.2, 0) is 6.54 Å². The number of fused-ring (bicyclic) bond motifs is 1. The largest absolute Gasteiger partial charge is 0.319 e. The molecule has 0 fully saturated rings. The van der Waals surface area contributed by atoms with Crippen molar-refractivity contribution < 1.29 is 23.3 Å². The molecule has 0 N–H and O–H groups in total. The van der Waals surface area contributed by atoms with Crippen molar-refractivity contribution in [3.63, 3.8) is 0 Å². The van der Waals surface area contributed by atoms with E-state index in [0.29, 0.717) is 4.57 Å². The van der Waals surface area contributed by atoms with Crippen molar-refractivity contribution in [2.24, 2.45) is 0 Å². The van der Waals surface area contributed by atoms with Crippen LogP contribution in [0.5, 0.6) is 0 Å². The van der Waals surface area contributed by atoms with Crippen LogP contribution >= 0.6 is 0 Å². The first-order chi connectivity index (χ1) is 12.3. The molecule has 0 aliphatic carbocycles. The third-order valence-corrected chi connectivity index (χ3v) is 3.93. The summed E-state index contributed by atoms with van der Waals surface area (Å²) in [4.78, 5) is 41.4. The first-order valence-corrected chi connectivity index (χ1v) is 7.43. The average Bonchev–Trinajstić information content (AvgIpc) is 3.14. The lowest BCUT2D eigenvalue weighted by Gasteiger charge is -2.22. The zero-order chi connectivity index (χ0) is 19.0. The number of nitro benzene ring substituents is 1. The van der Waals surface area contributed by atoms with Crippen LogP contribution in [0.1, 0.15) is 33.1 Å². The number of alkyl halides is 2. The summed E-state index contributed by atoms with van der Waals surface area (Å²) in [5, 5.41) is 11.1. The van der Waals surface area contributed by atoms with E-state index in [1.54, 1.807) is 0 Å². The number of amides is 2. The number of rotatable bonds is 6. The lowest BCUT2D eigenvalue weighted by molar-refractivity contribution is -0.385. The Bertz CT molecular complexity index is 898. The van der Waals surface area contributed by atoms with Crippen molar-refractivity contribution in [1.82, 2.24) is 19.4 Å². The molecule has 0 saturated carbocycles. The van der Waals surface area contributed by atoms with Crippen molar-refractivity contribution in [3.8, 4) is 0 Å². The van der Waals surface area contributed by atoms with E-state index in [1.165, 1.54) is 30.3 Å². The van der Waals surface area contributed by atoms with Gasteiger partial charge in [-0.2, -0.15) is 8.78 Å². The zero-order valence-electron chi connectivity index (χ0n) is 13.5. The van der Waals surface area contributed by atoms with E-state index in [4.69, 9.17) is 0 Å². The molecule has 136 valence electrons. The van der Waals surface area contributed by atoms with Crippen LogP contribution in [0.25, 0.3) is 0 Å². The second-order valence-corrected chi connectivity index (χ2v) is 5.68. The Balaban J connectivity index is 1.80. The van der Waals surface area contributed by atoms with E-state index in [1.807, 2.05) is 0 Å². The van der Waals surface area contributed by atoms with Gasteiger partial charge in [-0.25, -0.2) is 4.98 Å². The van der Waals surface area contributed by atoms with Gasteiger partial charge in [0.15, 0.2) is 0 Å². The summed E-state index contributed by atoms with van der Waals surface area (Å²) in [6, 6.07) is 3.82. The first kappa shape index (κ1) is 17.6. The minimum absolute atomic E-state index is 0.0488. The van der Waals surface area contributed by atoms with E-state index in [0.717, 1.165) is 17.2 Å². The highest BCUT2D eigenvalue weighted by atomic mass is 19.3. The smallest absolute Gasteiger partial charge is 0.281 e. The van der Waals surface area contributed by atoms with Gasteiger partial charge in [-0.15, -0.1) is 0 Å². The molecule has 0 radical (unpaired) electrons. The fraction of sp³-hybridized carbons (Fsp3) is 0.267. The fourth-order valence-corrected chi connectivity index (χ4v) is 2.77. The number of benzene rings is 1. The van der Waals surface area contributed by atoms with Crippen molar-refractivity contribution in [2.75, 3.05) is 13.7 Å². The maximum Gasteiger partial charge on any atom is 0.319 e. The highest BCUT2D eigenvalue weighted by Gasteiger charge is 2.41. The molecule has 9 nitrogen and oxygen atoms in total. The molecule has 2 aromatic rings. The number of carbonyl (C=O) groups is 2. The molecule has 1 aliphatic heterocycles. The Morgan fingerprint density at radius 2 is 2.04 bits per heavy atom. The number of imide groups is 1. The maximum absolute atomic E-state index is 12.9. The van der Waals surface area contributed by atoms with Crippen molar-refractivity contribution >= 4 is 17.5 Å². The fourth-order valence-electron chi connectivity index (χ4n) is 2.77. The number of nitrogens with zero attached hydrogens (tertiary/aromatic N) is 5. The summed E-state index contributed by atoms with van der Waals surface area (Å²) >= 11 is 0. The van der Waals surface area contributed by atoms with Gasteiger partial charge in [0.25, 0.3) is 17.5 Å². The Morgan fingerprint density at radius 3 is 2.69 bits per heavy atom. The van der Waals surface area contributed by atoms with Gasteiger partial charge in [-0.05, 0) is 13.1 Å². The molecule has 0 atom stereocenters. The standard InChI is InChI=1S/C15H13F2N5O4/c1-19(7-11-18-5-6-20(11)15(16)17)8-21-13(23)9-3-2-4-10(22(25)26)12(9)14(21)24/h2-6,15H,7-8H2,1H3. The van der Waals surface area contributed by atoms with Crippen LogP contribution in [0.2, 0.25) is 0 Å². The summed E-state index contributed by atoms with van der Waals surface area (Å²) in [5.74, 6) is -1.40. The van der Waals surface area contributed by atoms with Crippen LogP contribution in [-0.4, -0.2) is 49.8 Å². The van der Waals surface area contributed by atoms with E-state index in [2.05, 4.69) is 4.98 Å². The minimum Gasteiger partial charge on any atom is -0.281 e. The first-order valence-electron chi connectivity index (χ1n) is 7.43. The van der Waals surface area contributed by atoms with E-state index in [-0.39, 0.29) is 30.2 Å². The molecule has 0 spiro atoms. The molecule has 1 aromatic carbocycles. The topological polar surface area (TPSA) is 102 Å². The molecule has 1 aliphatic rings. The number of hydrogen-bond donors (Lipinski definition) is 0. The number of imidazole rings is 1. The lowest BCUT2D eigenvalue weighted by Crippen LogP contribution is -2.39. The highest BCUT2D eigenvalue weighted by molar-refractivity contribution is 6.23. The molecule has 26 heavy (non-hydrogen) atoms. The van der Waals surface area contributed by atoms with E-state index >= 15 is 0 Å². The van der Waals surface area contributed by atoms with E-state index in [9.17, 15) is 28.5 Å². The van der Waals surface area contributed by atoms with Crippen molar-refractivity contribution in [3.05, 3.63) is 57.7 Å². The van der Waals surface area contributed by atoms with Crippen molar-refractivity contribution in [2.45, 2.75) is 13.1 Å². The number of carbonyl (C=O) groups excluding carboxylic acids is 2. The molecule has 0 unspecified atom stereocenters. The van der Waals surface area contributed by atoms with Gasteiger partial charge in [0.05, 0.1) is 23.7 Å². The SMILES string of the molecule is CN(Cc1nccn1C(F)F)CN1C(=O)c2cccc([N+](=O)[O-])c2C1=O. The Morgan fingerprint density at radius 1 is 1.31 bits per heavy atom. The number of aromatic nitrogens is 2. The normalized spacial score (nSPS) is 13.8. The predicted molar refractivity (Wildman–Crippen MR) is 83.4 cm³/mol. The molecule has 0 bridgehead atoms. The third kappa shape index (κ3) is 2.92. The lowest BCUT2D eigenvalue weighted by atomic mass is 10.1. The summed E-state index contributed by atoms with van der Waals surface area (Å²) in [6.45, 7) is -3.03. The number of halogens is 2. The quantitative estimate of drug-likeness (QED) is 0.440. The van der Waals surface area contributed by atoms with E-state index < -0.39 is 29.0 Å². The predicted octanol–water partition coefficient (Wildman–Crippen LogP) is 1.87. The van der Waals surface area contributed by atoms with Crippen LogP contribution in [0.4, 0.5) is 14.5 Å². The third-order valence-electron chi connectivity index (χ3n) is 3.93. The summed E-state index contributed by atoms with van der Waals surface area (Å²) in [5.41, 5.74) is -0.754. The van der Waals surface area contributed by atoms with Gasteiger partial charge in [0.2, 0.25) is 0 Å². The number of hydrogen-bond acceptors (Lipinski definition) is 6. The molecular formula is C15H13F2N5O4. The summed E-state index contributed by atoms with van der Waals surface area (Å²) < 4.78 is 26.4.